The van der Waals surface area contributed by atoms with E-state index in [0.29, 0.717) is 13.2 Å². The Morgan fingerprint density at radius 3 is 1.26 bits per heavy atom. The molecule has 0 aromatic heterocycles. The molecule has 4 N–H and O–H groups in total. The zero-order valence-electron chi connectivity index (χ0n) is 12.0. The second-order valence-corrected chi connectivity index (χ2v) is 4.99. The molecule has 0 aliphatic carbocycles. The maximum absolute atomic E-state index is 5.15. The molecule has 0 amide bonds. The molecule has 0 spiro atoms. The predicted molar refractivity (Wildman–Crippen MR) is 103 cm³/mol. The Morgan fingerprint density at radius 2 is 1.00 bits per heavy atom. The fourth-order valence-electron chi connectivity index (χ4n) is 1.46. The first-order valence-corrected chi connectivity index (χ1v) is 7.32. The van der Waals surface area contributed by atoms with Gasteiger partial charge in [0, 0.05) is 0 Å². The molecule has 7 heteroatoms. The van der Waals surface area contributed by atoms with Gasteiger partial charge in [-0.3, -0.25) is 0 Å². The van der Waals surface area contributed by atoms with E-state index in [9.17, 15) is 0 Å². The third-order valence-corrected chi connectivity index (χ3v) is 2.68. The Kier molecular flexibility index (Phi) is 12.6. The van der Waals surface area contributed by atoms with Crippen molar-refractivity contribution >= 4 is 64.3 Å². The summed E-state index contributed by atoms with van der Waals surface area (Å²) in [5.74, 6) is 0. The van der Waals surface area contributed by atoms with Crippen LogP contribution in [-0.2, 0) is 22.7 Å². The van der Waals surface area contributed by atoms with Crippen molar-refractivity contribution < 1.29 is 9.47 Å². The number of ether oxygens (including phenoxy) is 2. The van der Waals surface area contributed by atoms with Crippen LogP contribution < -0.4 is 11.5 Å². The van der Waals surface area contributed by atoms with Gasteiger partial charge in [-0.15, -0.1) is 0 Å². The molecule has 0 heterocycles. The van der Waals surface area contributed by atoms with Crippen LogP contribution in [0.3, 0.4) is 0 Å². The van der Waals surface area contributed by atoms with E-state index < -0.39 is 0 Å². The second kappa shape index (κ2) is 13.3. The van der Waals surface area contributed by atoms with Gasteiger partial charge in [0.2, 0.25) is 0 Å². The summed E-state index contributed by atoms with van der Waals surface area (Å²) < 4.78 is 9.87. The predicted octanol–water partition coefficient (Wildman–Crippen LogP) is 2.25. The van der Waals surface area contributed by atoms with Crippen LogP contribution in [0.25, 0.3) is 0 Å². The number of hydrogen-bond acceptors (Lipinski definition) is 4. The van der Waals surface area contributed by atoms with Crippen molar-refractivity contribution in [3.8, 4) is 0 Å². The van der Waals surface area contributed by atoms with Crippen molar-refractivity contribution in [1.82, 2.24) is 0 Å². The van der Waals surface area contributed by atoms with Gasteiger partial charge >= 0.3 is 29.6 Å². The maximum atomic E-state index is 5.15. The first-order chi connectivity index (χ1) is 10.6. The van der Waals surface area contributed by atoms with Crippen molar-refractivity contribution in [1.29, 1.82) is 0 Å². The van der Waals surface area contributed by atoms with E-state index in [-0.39, 0.29) is 39.9 Å². The van der Waals surface area contributed by atoms with Gasteiger partial charge in [-0.2, -0.15) is 0 Å². The molecule has 0 aliphatic rings. The van der Waals surface area contributed by atoms with Crippen LogP contribution in [0.2, 0.25) is 0 Å². The normalized spacial score (nSPS) is 8.70. The van der Waals surface area contributed by atoms with E-state index in [1.165, 1.54) is 0 Å². The number of hydrogen-bond donors (Lipinski definition) is 2. The zero-order chi connectivity index (χ0) is 16.2. The molecule has 23 heavy (non-hydrogen) atoms. The van der Waals surface area contributed by atoms with Crippen LogP contribution >= 0.6 is 24.4 Å². The van der Waals surface area contributed by atoms with Crippen molar-refractivity contribution in [2.24, 2.45) is 11.5 Å². The molecule has 0 saturated heterocycles. The van der Waals surface area contributed by atoms with E-state index in [1.807, 2.05) is 60.7 Å². The Morgan fingerprint density at radius 1 is 0.696 bits per heavy atom. The van der Waals surface area contributed by atoms with Crippen molar-refractivity contribution in [2.75, 3.05) is 0 Å². The Bertz CT molecular complexity index is 530. The molecule has 2 aromatic carbocycles. The van der Waals surface area contributed by atoms with E-state index in [1.54, 1.807) is 0 Å². The molecule has 0 saturated carbocycles. The molecule has 0 unspecified atom stereocenters. The van der Waals surface area contributed by atoms with Gasteiger partial charge in [-0.05, 0) is 35.6 Å². The Balaban J connectivity index is 0.000000403. The molecule has 0 atom stereocenters. The Hall–Kier alpha value is -1.18. The number of benzene rings is 2. The summed E-state index contributed by atoms with van der Waals surface area (Å²) in [4.78, 5) is 0. The minimum atomic E-state index is 0. The summed E-state index contributed by atoms with van der Waals surface area (Å²) in [5, 5.41) is 0.183. The van der Waals surface area contributed by atoms with Crippen LogP contribution in [0.1, 0.15) is 11.1 Å². The summed E-state index contributed by atoms with van der Waals surface area (Å²) in [6.45, 7) is 0.909. The van der Waals surface area contributed by atoms with Gasteiger partial charge in [0.1, 0.15) is 13.2 Å². The molecular weight excluding hydrogens is 339 g/mol. The summed E-state index contributed by atoms with van der Waals surface area (Å²) in [6.07, 6.45) is 0. The topological polar surface area (TPSA) is 70.5 Å². The average molecular weight is 358 g/mol. The molecule has 2 aromatic rings. The number of nitrogens with two attached hydrogens (primary N) is 2. The van der Waals surface area contributed by atoms with Gasteiger partial charge in [-0.25, -0.2) is 0 Å². The SMILES string of the molecule is NC(=S)OCc1ccccc1.NC(=S)OCc1ccccc1.[NaH]. The van der Waals surface area contributed by atoms with Gasteiger partial charge in [0.15, 0.2) is 0 Å². The summed E-state index contributed by atoms with van der Waals surface area (Å²) in [7, 11) is 0. The van der Waals surface area contributed by atoms with Crippen LogP contribution in [0.4, 0.5) is 0 Å². The first-order valence-electron chi connectivity index (χ1n) is 6.50. The summed E-state index contributed by atoms with van der Waals surface area (Å²) in [5.41, 5.74) is 12.4. The van der Waals surface area contributed by atoms with Crippen molar-refractivity contribution in [3.63, 3.8) is 0 Å². The molecule has 0 aliphatic heterocycles. The fourth-order valence-corrected chi connectivity index (χ4v) is 1.58. The van der Waals surface area contributed by atoms with E-state index in [2.05, 4.69) is 24.4 Å². The van der Waals surface area contributed by atoms with E-state index in [0.717, 1.165) is 11.1 Å². The van der Waals surface area contributed by atoms with E-state index >= 15 is 0 Å². The molecule has 4 nitrogen and oxygen atoms in total. The molecule has 0 radical (unpaired) electrons. The third-order valence-electron chi connectivity index (χ3n) is 2.45. The molecular formula is C16H19N2NaO2S2. The molecule has 0 fully saturated rings. The van der Waals surface area contributed by atoms with Gasteiger partial charge in [0.05, 0.1) is 0 Å². The van der Waals surface area contributed by atoms with Gasteiger partial charge in [-0.1, -0.05) is 60.7 Å². The summed E-state index contributed by atoms with van der Waals surface area (Å²) in [6, 6.07) is 19.5. The summed E-state index contributed by atoms with van der Waals surface area (Å²) >= 11 is 9.10. The van der Waals surface area contributed by atoms with Crippen molar-refractivity contribution in [2.45, 2.75) is 13.2 Å². The average Bonchev–Trinajstić information content (AvgIpc) is 2.53. The van der Waals surface area contributed by atoms with Crippen LogP contribution in [-0.4, -0.2) is 39.9 Å². The zero-order valence-corrected chi connectivity index (χ0v) is 13.6. The second-order valence-electron chi connectivity index (χ2n) is 4.19. The fraction of sp³-hybridized carbons (Fsp3) is 0.125. The standard InChI is InChI=1S/2C8H9NOS.Na.H/c2*9-8(11)10-6-7-4-2-1-3-5-7;;/h2*1-5H,6H2,(H2,9,11);;. The molecule has 118 valence electrons. The quantitative estimate of drug-likeness (QED) is 0.645. The van der Waals surface area contributed by atoms with Crippen LogP contribution in [0.15, 0.2) is 60.7 Å². The van der Waals surface area contributed by atoms with Crippen LogP contribution in [0.5, 0.6) is 0 Å². The first kappa shape index (κ1) is 21.8. The van der Waals surface area contributed by atoms with Crippen LogP contribution in [0, 0.1) is 0 Å². The number of rotatable bonds is 4. The van der Waals surface area contributed by atoms with Gasteiger partial charge in [0.25, 0.3) is 10.3 Å². The number of thiocarbonyl (C=S) groups is 2. The van der Waals surface area contributed by atoms with E-state index in [4.69, 9.17) is 20.9 Å². The van der Waals surface area contributed by atoms with Gasteiger partial charge < -0.3 is 20.9 Å². The Labute approximate surface area is 169 Å². The van der Waals surface area contributed by atoms with Crippen molar-refractivity contribution in [3.05, 3.63) is 71.8 Å². The molecule has 0 bridgehead atoms. The monoisotopic (exact) mass is 358 g/mol. The minimum absolute atomic E-state index is 0. The third kappa shape index (κ3) is 12.0. The molecule has 2 rings (SSSR count).